The quantitative estimate of drug-likeness (QED) is 0.272. The van der Waals surface area contributed by atoms with Gasteiger partial charge in [0.15, 0.2) is 11.5 Å². The first-order chi connectivity index (χ1) is 15.6. The maximum Gasteiger partial charge on any atom is 0.250 e. The van der Waals surface area contributed by atoms with Gasteiger partial charge in [-0.05, 0) is 54.1 Å². The molecule has 8 heteroatoms. The molecule has 0 atom stereocenters. The highest BCUT2D eigenvalue weighted by Gasteiger charge is 2.08. The summed E-state index contributed by atoms with van der Waals surface area (Å²) < 4.78 is 11.2. The Balaban J connectivity index is 1.54. The van der Waals surface area contributed by atoms with E-state index in [9.17, 15) is 10.1 Å². The van der Waals surface area contributed by atoms with Gasteiger partial charge in [0.1, 0.15) is 6.61 Å². The van der Waals surface area contributed by atoms with E-state index in [0.29, 0.717) is 22.1 Å². The Morgan fingerprint density at radius 2 is 1.94 bits per heavy atom. The first kappa shape index (κ1) is 23.2. The Bertz CT molecular complexity index is 1140. The summed E-state index contributed by atoms with van der Waals surface area (Å²) in [7, 11) is 1.54. The molecule has 0 radical (unpaired) electrons. The van der Waals surface area contributed by atoms with E-state index in [1.54, 1.807) is 43.5 Å². The van der Waals surface area contributed by atoms with Gasteiger partial charge >= 0.3 is 0 Å². The van der Waals surface area contributed by atoms with E-state index in [4.69, 9.17) is 21.1 Å². The number of rotatable bonds is 9. The van der Waals surface area contributed by atoms with Crippen molar-refractivity contribution in [3.05, 3.63) is 88.4 Å². The molecule has 1 amide bonds. The minimum absolute atomic E-state index is 0.218. The molecule has 0 aliphatic rings. The zero-order valence-corrected chi connectivity index (χ0v) is 18.8. The van der Waals surface area contributed by atoms with Gasteiger partial charge < -0.3 is 9.47 Å². The first-order valence-corrected chi connectivity index (χ1v) is 10.9. The number of nitriles is 1. The van der Waals surface area contributed by atoms with Crippen molar-refractivity contribution in [2.75, 3.05) is 12.9 Å². The number of methoxy groups -OCH3 is 1. The Hall–Kier alpha value is -3.47. The number of nitrogens with zero attached hydrogens (tertiary/aromatic N) is 2. The van der Waals surface area contributed by atoms with E-state index in [2.05, 4.69) is 16.6 Å². The van der Waals surface area contributed by atoms with Crippen LogP contribution in [0, 0.1) is 11.3 Å². The molecule has 0 fully saturated rings. The fourth-order valence-corrected chi connectivity index (χ4v) is 3.50. The zero-order valence-electron chi connectivity index (χ0n) is 17.2. The molecule has 3 aromatic rings. The molecule has 162 valence electrons. The highest BCUT2D eigenvalue weighted by atomic mass is 35.5. The predicted octanol–water partition coefficient (Wildman–Crippen LogP) is 5.04. The monoisotopic (exact) mass is 465 g/mol. The summed E-state index contributed by atoms with van der Waals surface area (Å²) in [5.41, 5.74) is 4.60. The van der Waals surface area contributed by atoms with Gasteiger partial charge in [0.05, 0.1) is 30.7 Å². The van der Waals surface area contributed by atoms with E-state index in [0.717, 1.165) is 16.0 Å². The standard InChI is InChI=1S/C24H20ClN3O3S/c1-30-23-12-17(6-11-22(23)31-15-19-5-3-2-4-18(19)13-26)14-27-28-24(29)16-32-21-9-7-20(25)8-10-21/h2-12,14H,15-16H2,1H3,(H,28,29)/b27-14-. The highest BCUT2D eigenvalue weighted by molar-refractivity contribution is 8.00. The summed E-state index contributed by atoms with van der Waals surface area (Å²) >= 11 is 7.25. The molecular weight excluding hydrogens is 446 g/mol. The van der Waals surface area contributed by atoms with E-state index in [1.807, 2.05) is 30.3 Å². The smallest absolute Gasteiger partial charge is 0.250 e. The topological polar surface area (TPSA) is 83.7 Å². The largest absolute Gasteiger partial charge is 0.493 e. The lowest BCUT2D eigenvalue weighted by atomic mass is 10.1. The number of hydrogen-bond acceptors (Lipinski definition) is 6. The van der Waals surface area contributed by atoms with Gasteiger partial charge in [0.25, 0.3) is 0 Å². The second-order valence-electron chi connectivity index (χ2n) is 6.50. The molecule has 3 rings (SSSR count). The molecule has 0 saturated carbocycles. The van der Waals surface area contributed by atoms with E-state index >= 15 is 0 Å². The Morgan fingerprint density at radius 1 is 1.16 bits per heavy atom. The van der Waals surface area contributed by atoms with Crippen LogP contribution >= 0.6 is 23.4 Å². The minimum Gasteiger partial charge on any atom is -0.493 e. The lowest BCUT2D eigenvalue weighted by Gasteiger charge is -2.12. The zero-order chi connectivity index (χ0) is 22.8. The van der Waals surface area contributed by atoms with E-state index in [1.165, 1.54) is 18.0 Å². The maximum atomic E-state index is 12.0. The van der Waals surface area contributed by atoms with Crippen molar-refractivity contribution in [2.24, 2.45) is 5.10 Å². The maximum absolute atomic E-state index is 12.0. The van der Waals surface area contributed by atoms with Crippen molar-refractivity contribution in [3.63, 3.8) is 0 Å². The number of hydrazone groups is 1. The number of halogens is 1. The van der Waals surface area contributed by atoms with Crippen LogP contribution in [0.15, 0.2) is 76.7 Å². The molecule has 3 aromatic carbocycles. The van der Waals surface area contributed by atoms with Crippen molar-refractivity contribution >= 4 is 35.5 Å². The van der Waals surface area contributed by atoms with Crippen LogP contribution in [0.5, 0.6) is 11.5 Å². The van der Waals surface area contributed by atoms with Crippen LogP contribution in [0.2, 0.25) is 5.02 Å². The van der Waals surface area contributed by atoms with Crippen molar-refractivity contribution in [1.82, 2.24) is 5.43 Å². The molecule has 0 aromatic heterocycles. The lowest BCUT2D eigenvalue weighted by Crippen LogP contribution is -2.19. The third-order valence-corrected chi connectivity index (χ3v) is 5.56. The van der Waals surface area contributed by atoms with E-state index in [-0.39, 0.29) is 18.3 Å². The number of carbonyl (C=O) groups is 1. The molecule has 0 saturated heterocycles. The molecule has 0 heterocycles. The number of ether oxygens (including phenoxy) is 2. The van der Waals surface area contributed by atoms with Gasteiger partial charge in [0, 0.05) is 15.5 Å². The Morgan fingerprint density at radius 3 is 2.69 bits per heavy atom. The number of nitrogens with one attached hydrogen (secondary N) is 1. The summed E-state index contributed by atoms with van der Waals surface area (Å²) in [6, 6.07) is 22.0. The average molecular weight is 466 g/mol. The third-order valence-electron chi connectivity index (χ3n) is 4.30. The Kier molecular flexibility index (Phi) is 8.55. The molecule has 0 unspecified atom stereocenters. The summed E-state index contributed by atoms with van der Waals surface area (Å²) in [6.45, 7) is 0.245. The molecular formula is C24H20ClN3O3S. The number of benzene rings is 3. The van der Waals surface area contributed by atoms with Crippen molar-refractivity contribution in [2.45, 2.75) is 11.5 Å². The molecule has 1 N–H and O–H groups in total. The summed E-state index contributed by atoms with van der Waals surface area (Å²) in [4.78, 5) is 12.9. The van der Waals surface area contributed by atoms with Crippen LogP contribution < -0.4 is 14.9 Å². The van der Waals surface area contributed by atoms with Crippen LogP contribution in [-0.2, 0) is 11.4 Å². The SMILES string of the molecule is COc1cc(/C=N\NC(=O)CSc2ccc(Cl)cc2)ccc1OCc1ccccc1C#N. The second-order valence-corrected chi connectivity index (χ2v) is 7.99. The van der Waals surface area contributed by atoms with Gasteiger partial charge in [-0.3, -0.25) is 4.79 Å². The molecule has 0 spiro atoms. The molecule has 6 nitrogen and oxygen atoms in total. The van der Waals surface area contributed by atoms with Gasteiger partial charge in [-0.2, -0.15) is 10.4 Å². The lowest BCUT2D eigenvalue weighted by molar-refractivity contribution is -0.118. The molecule has 32 heavy (non-hydrogen) atoms. The first-order valence-electron chi connectivity index (χ1n) is 9.58. The third kappa shape index (κ3) is 6.77. The second kappa shape index (κ2) is 11.8. The van der Waals surface area contributed by atoms with Crippen LogP contribution in [0.1, 0.15) is 16.7 Å². The number of carbonyl (C=O) groups excluding carboxylic acids is 1. The van der Waals surface area contributed by atoms with Crippen LogP contribution in [0.3, 0.4) is 0 Å². The van der Waals surface area contributed by atoms with Crippen LogP contribution in [0.25, 0.3) is 0 Å². The van der Waals surface area contributed by atoms with Crippen molar-refractivity contribution in [3.8, 4) is 17.6 Å². The van der Waals surface area contributed by atoms with Crippen molar-refractivity contribution in [1.29, 1.82) is 5.26 Å². The van der Waals surface area contributed by atoms with Gasteiger partial charge in [-0.15, -0.1) is 11.8 Å². The number of hydrogen-bond donors (Lipinski definition) is 1. The summed E-state index contributed by atoms with van der Waals surface area (Å²) in [5.74, 6) is 1.08. The van der Waals surface area contributed by atoms with Crippen molar-refractivity contribution < 1.29 is 14.3 Å². The molecule has 0 aliphatic carbocycles. The minimum atomic E-state index is -0.218. The van der Waals surface area contributed by atoms with Gasteiger partial charge in [0.2, 0.25) is 5.91 Å². The highest BCUT2D eigenvalue weighted by Crippen LogP contribution is 2.28. The Labute approximate surface area is 195 Å². The van der Waals surface area contributed by atoms with Crippen LogP contribution in [-0.4, -0.2) is 25.0 Å². The predicted molar refractivity (Wildman–Crippen MR) is 126 cm³/mol. The molecule has 0 bridgehead atoms. The molecule has 0 aliphatic heterocycles. The van der Waals surface area contributed by atoms with Crippen LogP contribution in [0.4, 0.5) is 0 Å². The average Bonchev–Trinajstić information content (AvgIpc) is 2.82. The van der Waals surface area contributed by atoms with E-state index < -0.39 is 0 Å². The number of thioether (sulfide) groups is 1. The van der Waals surface area contributed by atoms with Gasteiger partial charge in [-0.25, -0.2) is 5.43 Å². The normalized spacial score (nSPS) is 10.5. The number of amides is 1. The summed E-state index contributed by atoms with van der Waals surface area (Å²) in [6.07, 6.45) is 1.53. The van der Waals surface area contributed by atoms with Gasteiger partial charge in [-0.1, -0.05) is 29.8 Å². The fraction of sp³-hybridized carbons (Fsp3) is 0.125. The summed E-state index contributed by atoms with van der Waals surface area (Å²) in [5, 5.41) is 13.8. The fourth-order valence-electron chi connectivity index (χ4n) is 2.69.